The number of nitrogens with one attached hydrogen (secondary N) is 2. The lowest BCUT2D eigenvalue weighted by molar-refractivity contribution is 0.475. The smallest absolute Gasteiger partial charge is 0.115 e. The van der Waals surface area contributed by atoms with Crippen LogP contribution < -0.4 is 0 Å². The monoisotopic (exact) mass is 216 g/mol. The van der Waals surface area contributed by atoms with Gasteiger partial charge >= 0.3 is 0 Å². The summed E-state index contributed by atoms with van der Waals surface area (Å²) in [4.78, 5) is 0. The Balaban J connectivity index is 3.45. The molecule has 0 fully saturated rings. The summed E-state index contributed by atoms with van der Waals surface area (Å²) in [6.07, 6.45) is 1.25. The van der Waals surface area contributed by atoms with Gasteiger partial charge < -0.3 is 15.9 Å². The van der Waals surface area contributed by atoms with Crippen molar-refractivity contribution in [1.82, 2.24) is 0 Å². The zero-order valence-electron chi connectivity index (χ0n) is 9.76. The highest BCUT2D eigenvalue weighted by Gasteiger charge is 2.10. The van der Waals surface area contributed by atoms with Gasteiger partial charge in [0.2, 0.25) is 0 Å². The minimum Gasteiger partial charge on any atom is -0.508 e. The molecule has 0 aromatic heterocycles. The van der Waals surface area contributed by atoms with Crippen LogP contribution in [0.25, 0.3) is 5.57 Å². The fraction of sp³-hybridized carbons (Fsp3) is 0.231. The number of rotatable bonds is 3. The maximum atomic E-state index is 9.34. The molecule has 0 saturated carbocycles. The third-order valence-electron chi connectivity index (χ3n) is 2.47. The molecule has 0 aliphatic heterocycles. The molecule has 0 amide bonds. The summed E-state index contributed by atoms with van der Waals surface area (Å²) in [6, 6.07) is 5.04. The fourth-order valence-electron chi connectivity index (χ4n) is 1.71. The van der Waals surface area contributed by atoms with Crippen molar-refractivity contribution < 1.29 is 5.11 Å². The van der Waals surface area contributed by atoms with Gasteiger partial charge in [-0.05, 0) is 49.6 Å². The topological polar surface area (TPSA) is 67.9 Å². The first-order valence-electron chi connectivity index (χ1n) is 5.04. The second-order valence-corrected chi connectivity index (χ2v) is 3.83. The maximum Gasteiger partial charge on any atom is 0.115 e. The van der Waals surface area contributed by atoms with E-state index >= 15 is 0 Å². The van der Waals surface area contributed by atoms with E-state index in [0.29, 0.717) is 5.71 Å². The standard InChI is InChI=1S/C13H16N2O/c1-8-6-11(16)4-5-12(8)13(10(3)15)9(2)7-14/h4-7,14-16H,1-3H3/b13-9+,14-7?,15-10?. The SMILES string of the molecule is CC(=N)/C(=C(/C)C=N)c1ccc(O)cc1C. The van der Waals surface area contributed by atoms with Crippen molar-refractivity contribution in [1.29, 1.82) is 10.8 Å². The first-order chi connectivity index (χ1) is 7.47. The van der Waals surface area contributed by atoms with Gasteiger partial charge in [-0.2, -0.15) is 0 Å². The third-order valence-corrected chi connectivity index (χ3v) is 2.47. The van der Waals surface area contributed by atoms with Gasteiger partial charge in [0.1, 0.15) is 5.75 Å². The zero-order chi connectivity index (χ0) is 12.3. The summed E-state index contributed by atoms with van der Waals surface area (Å²) in [5.41, 5.74) is 3.73. The summed E-state index contributed by atoms with van der Waals surface area (Å²) in [6.45, 7) is 5.40. The number of hydrogen-bond donors (Lipinski definition) is 3. The van der Waals surface area contributed by atoms with E-state index in [0.717, 1.165) is 22.3 Å². The average molecular weight is 216 g/mol. The van der Waals surface area contributed by atoms with E-state index in [4.69, 9.17) is 10.8 Å². The molecule has 3 heteroatoms. The highest BCUT2D eigenvalue weighted by Crippen LogP contribution is 2.25. The molecule has 1 aromatic rings. The lowest BCUT2D eigenvalue weighted by Crippen LogP contribution is -2.01. The van der Waals surface area contributed by atoms with Gasteiger partial charge in [-0.15, -0.1) is 0 Å². The van der Waals surface area contributed by atoms with Gasteiger partial charge in [0.25, 0.3) is 0 Å². The largest absolute Gasteiger partial charge is 0.508 e. The molecule has 1 rings (SSSR count). The molecule has 1 aromatic carbocycles. The Morgan fingerprint density at radius 1 is 1.31 bits per heavy atom. The van der Waals surface area contributed by atoms with Gasteiger partial charge in [0.15, 0.2) is 0 Å². The van der Waals surface area contributed by atoms with E-state index in [1.807, 2.05) is 13.8 Å². The van der Waals surface area contributed by atoms with Crippen LogP contribution in [0.15, 0.2) is 23.8 Å². The minimum absolute atomic E-state index is 0.218. The Kier molecular flexibility index (Phi) is 3.61. The second kappa shape index (κ2) is 4.75. The Labute approximate surface area is 95.5 Å². The first-order valence-corrected chi connectivity index (χ1v) is 5.04. The minimum atomic E-state index is 0.218. The molecule has 0 heterocycles. The maximum absolute atomic E-state index is 9.34. The number of hydrogen-bond acceptors (Lipinski definition) is 3. The van der Waals surface area contributed by atoms with Crippen LogP contribution in [0.4, 0.5) is 0 Å². The molecule has 0 unspecified atom stereocenters. The van der Waals surface area contributed by atoms with Crippen molar-refractivity contribution >= 4 is 17.5 Å². The van der Waals surface area contributed by atoms with Crippen LogP contribution >= 0.6 is 0 Å². The highest BCUT2D eigenvalue weighted by molar-refractivity contribution is 6.25. The fourth-order valence-corrected chi connectivity index (χ4v) is 1.71. The molecule has 0 saturated heterocycles. The molecule has 84 valence electrons. The molecule has 0 aliphatic rings. The molecule has 3 nitrogen and oxygen atoms in total. The second-order valence-electron chi connectivity index (χ2n) is 3.83. The number of allylic oxidation sites excluding steroid dienone is 2. The van der Waals surface area contributed by atoms with E-state index in [1.54, 1.807) is 25.1 Å². The van der Waals surface area contributed by atoms with Crippen molar-refractivity contribution in [3.8, 4) is 5.75 Å². The molecular formula is C13H16N2O. The summed E-state index contributed by atoms with van der Waals surface area (Å²) in [7, 11) is 0. The Bertz CT molecular complexity index is 473. The van der Waals surface area contributed by atoms with Crippen molar-refractivity contribution in [2.45, 2.75) is 20.8 Å². The molecule has 0 bridgehead atoms. The van der Waals surface area contributed by atoms with Crippen LogP contribution in [0.2, 0.25) is 0 Å². The Morgan fingerprint density at radius 2 is 1.94 bits per heavy atom. The van der Waals surface area contributed by atoms with Crippen molar-refractivity contribution in [2.24, 2.45) is 0 Å². The number of benzene rings is 1. The number of phenols is 1. The van der Waals surface area contributed by atoms with Gasteiger partial charge in [-0.3, -0.25) is 0 Å². The number of aryl methyl sites for hydroxylation is 1. The van der Waals surface area contributed by atoms with Crippen LogP contribution in [0.5, 0.6) is 5.75 Å². The van der Waals surface area contributed by atoms with Crippen LogP contribution in [-0.2, 0) is 0 Å². The summed E-state index contributed by atoms with van der Waals surface area (Å²) in [5.74, 6) is 0.218. The van der Waals surface area contributed by atoms with E-state index < -0.39 is 0 Å². The molecular weight excluding hydrogens is 200 g/mol. The molecule has 0 radical (unpaired) electrons. The predicted molar refractivity (Wildman–Crippen MR) is 67.6 cm³/mol. The quantitative estimate of drug-likeness (QED) is 0.667. The van der Waals surface area contributed by atoms with Crippen LogP contribution in [0, 0.1) is 17.7 Å². The van der Waals surface area contributed by atoms with Crippen LogP contribution in [-0.4, -0.2) is 17.0 Å². The summed E-state index contributed by atoms with van der Waals surface area (Å²) >= 11 is 0. The Morgan fingerprint density at radius 3 is 2.38 bits per heavy atom. The van der Waals surface area contributed by atoms with E-state index in [9.17, 15) is 5.11 Å². The van der Waals surface area contributed by atoms with E-state index in [-0.39, 0.29) is 5.75 Å². The van der Waals surface area contributed by atoms with Gasteiger partial charge in [0.05, 0.1) is 0 Å². The number of aromatic hydroxyl groups is 1. The van der Waals surface area contributed by atoms with Crippen molar-refractivity contribution in [3.63, 3.8) is 0 Å². The lowest BCUT2D eigenvalue weighted by atomic mass is 9.93. The van der Waals surface area contributed by atoms with E-state index in [2.05, 4.69) is 0 Å². The highest BCUT2D eigenvalue weighted by atomic mass is 16.3. The Hall–Kier alpha value is -1.90. The summed E-state index contributed by atoms with van der Waals surface area (Å²) < 4.78 is 0. The number of phenolic OH excluding ortho intramolecular Hbond substituents is 1. The van der Waals surface area contributed by atoms with Gasteiger partial charge in [-0.25, -0.2) is 0 Å². The van der Waals surface area contributed by atoms with Crippen molar-refractivity contribution in [2.75, 3.05) is 0 Å². The van der Waals surface area contributed by atoms with Crippen LogP contribution in [0.1, 0.15) is 25.0 Å². The lowest BCUT2D eigenvalue weighted by Gasteiger charge is -2.12. The third kappa shape index (κ3) is 2.37. The normalized spacial score (nSPS) is 11.9. The molecule has 0 aliphatic carbocycles. The van der Waals surface area contributed by atoms with Crippen LogP contribution in [0.3, 0.4) is 0 Å². The molecule has 0 atom stereocenters. The predicted octanol–water partition coefficient (Wildman–Crippen LogP) is 3.16. The van der Waals surface area contributed by atoms with Crippen molar-refractivity contribution in [3.05, 3.63) is 34.9 Å². The molecule has 16 heavy (non-hydrogen) atoms. The molecule has 3 N–H and O–H groups in total. The average Bonchev–Trinajstić information content (AvgIpc) is 2.21. The summed E-state index contributed by atoms with van der Waals surface area (Å²) in [5, 5.41) is 24.4. The van der Waals surface area contributed by atoms with E-state index in [1.165, 1.54) is 6.21 Å². The molecule has 0 spiro atoms. The van der Waals surface area contributed by atoms with Gasteiger partial charge in [0, 0.05) is 17.5 Å². The first kappa shape index (κ1) is 12.2. The van der Waals surface area contributed by atoms with Gasteiger partial charge in [-0.1, -0.05) is 6.07 Å². The zero-order valence-corrected chi connectivity index (χ0v) is 9.76.